The lowest BCUT2D eigenvalue weighted by Gasteiger charge is -2.18. The van der Waals surface area contributed by atoms with Gasteiger partial charge in [0.2, 0.25) is 5.91 Å². The molecule has 0 aliphatic heterocycles. The van der Waals surface area contributed by atoms with Crippen LogP contribution in [0.4, 0.5) is 0 Å². The van der Waals surface area contributed by atoms with Gasteiger partial charge in [-0.2, -0.15) is 15.0 Å². The molecule has 0 bridgehead atoms. The summed E-state index contributed by atoms with van der Waals surface area (Å²) in [5, 5.41) is 19.9. The molecule has 2 aromatic heterocycles. The van der Waals surface area contributed by atoms with Crippen molar-refractivity contribution in [3.63, 3.8) is 0 Å². The van der Waals surface area contributed by atoms with Gasteiger partial charge in [-0.05, 0) is 31.9 Å². The number of hydrogen-bond donors (Lipinski definition) is 1. The summed E-state index contributed by atoms with van der Waals surface area (Å²) in [6.07, 6.45) is 6.55. The van der Waals surface area contributed by atoms with Gasteiger partial charge < -0.3 is 9.88 Å². The summed E-state index contributed by atoms with van der Waals surface area (Å²) in [6, 6.07) is 7.80. The lowest BCUT2D eigenvalue weighted by Crippen LogP contribution is -2.32. The topological polar surface area (TPSA) is 90.5 Å². The molecular formula is C17H21N7O. The van der Waals surface area contributed by atoms with Crippen LogP contribution in [0, 0.1) is 0 Å². The van der Waals surface area contributed by atoms with Crippen molar-refractivity contribution in [1.82, 2.24) is 35.1 Å². The van der Waals surface area contributed by atoms with Crippen LogP contribution in [0.3, 0.4) is 0 Å². The molecule has 4 rings (SSSR count). The molecule has 1 saturated carbocycles. The van der Waals surface area contributed by atoms with Crippen LogP contribution < -0.4 is 5.32 Å². The maximum absolute atomic E-state index is 12.4. The van der Waals surface area contributed by atoms with E-state index in [1.807, 2.05) is 31.2 Å². The summed E-state index contributed by atoms with van der Waals surface area (Å²) >= 11 is 0. The molecule has 8 nitrogen and oxygen atoms in total. The first-order chi connectivity index (χ1) is 12.2. The molecule has 0 unspecified atom stereocenters. The number of benzene rings is 1. The van der Waals surface area contributed by atoms with Crippen LogP contribution in [-0.2, 0) is 11.3 Å². The average molecular weight is 339 g/mol. The van der Waals surface area contributed by atoms with Crippen molar-refractivity contribution in [3.8, 4) is 0 Å². The lowest BCUT2D eigenvalue weighted by atomic mass is 10.2. The predicted molar refractivity (Wildman–Crippen MR) is 91.6 cm³/mol. The van der Waals surface area contributed by atoms with Crippen LogP contribution in [-0.4, -0.2) is 35.7 Å². The van der Waals surface area contributed by atoms with E-state index in [1.165, 1.54) is 17.6 Å². The summed E-state index contributed by atoms with van der Waals surface area (Å²) in [5.74, 6) is 0.660. The van der Waals surface area contributed by atoms with Gasteiger partial charge in [0.25, 0.3) is 0 Å². The number of carbonyl (C=O) groups excluding carboxylic acids is 1. The van der Waals surface area contributed by atoms with Crippen molar-refractivity contribution in [1.29, 1.82) is 0 Å². The fraction of sp³-hybridized carbons (Fsp3) is 0.471. The summed E-state index contributed by atoms with van der Waals surface area (Å²) < 4.78 is 2.11. The molecule has 8 heteroatoms. The highest BCUT2D eigenvalue weighted by Crippen LogP contribution is 2.31. The molecule has 1 atom stereocenters. The number of fused-ring (bicyclic) bond motifs is 1. The number of rotatable bonds is 5. The second-order valence-electron chi connectivity index (χ2n) is 6.54. The largest absolute Gasteiger partial charge is 0.345 e. The van der Waals surface area contributed by atoms with E-state index >= 15 is 0 Å². The Balaban J connectivity index is 1.43. The molecule has 2 heterocycles. The van der Waals surface area contributed by atoms with Crippen molar-refractivity contribution < 1.29 is 4.79 Å². The zero-order chi connectivity index (χ0) is 17.2. The SMILES string of the molecule is C[C@@H](NC(=O)Cn1nc2ccccc2n1)c1nncn1C1CCCC1. The maximum Gasteiger partial charge on any atom is 0.244 e. The maximum atomic E-state index is 12.4. The third-order valence-electron chi connectivity index (χ3n) is 4.70. The normalized spacial score (nSPS) is 16.4. The van der Waals surface area contributed by atoms with Gasteiger partial charge in [0.15, 0.2) is 5.82 Å². The minimum atomic E-state index is -0.208. The molecule has 1 aromatic carbocycles. The highest BCUT2D eigenvalue weighted by molar-refractivity contribution is 5.77. The molecule has 1 fully saturated rings. The monoisotopic (exact) mass is 339 g/mol. The van der Waals surface area contributed by atoms with Crippen molar-refractivity contribution in [2.75, 3.05) is 0 Å². The molecule has 1 aliphatic carbocycles. The number of nitrogens with one attached hydrogen (secondary N) is 1. The number of carbonyl (C=O) groups is 1. The minimum absolute atomic E-state index is 0.0799. The molecule has 0 spiro atoms. The second kappa shape index (κ2) is 6.62. The molecule has 1 aliphatic rings. The zero-order valence-corrected chi connectivity index (χ0v) is 14.2. The molecular weight excluding hydrogens is 318 g/mol. The third-order valence-corrected chi connectivity index (χ3v) is 4.70. The first-order valence-electron chi connectivity index (χ1n) is 8.69. The van der Waals surface area contributed by atoms with E-state index in [1.54, 1.807) is 6.33 Å². The van der Waals surface area contributed by atoms with Crippen LogP contribution in [0.5, 0.6) is 0 Å². The van der Waals surface area contributed by atoms with Gasteiger partial charge in [-0.25, -0.2) is 0 Å². The van der Waals surface area contributed by atoms with Crippen molar-refractivity contribution >= 4 is 16.9 Å². The van der Waals surface area contributed by atoms with E-state index in [2.05, 4.69) is 30.3 Å². The van der Waals surface area contributed by atoms with Crippen molar-refractivity contribution in [2.24, 2.45) is 0 Å². The summed E-state index contributed by atoms with van der Waals surface area (Å²) in [5.41, 5.74) is 1.56. The molecule has 130 valence electrons. The van der Waals surface area contributed by atoms with E-state index in [9.17, 15) is 4.79 Å². The summed E-state index contributed by atoms with van der Waals surface area (Å²) in [6.45, 7) is 2.01. The quantitative estimate of drug-likeness (QED) is 0.768. The third kappa shape index (κ3) is 3.24. The van der Waals surface area contributed by atoms with Gasteiger partial charge >= 0.3 is 0 Å². The van der Waals surface area contributed by atoms with E-state index in [4.69, 9.17) is 0 Å². The number of amides is 1. The second-order valence-corrected chi connectivity index (χ2v) is 6.54. The number of hydrogen-bond acceptors (Lipinski definition) is 5. The van der Waals surface area contributed by atoms with E-state index in [0.717, 1.165) is 29.7 Å². The smallest absolute Gasteiger partial charge is 0.244 e. The van der Waals surface area contributed by atoms with Gasteiger partial charge in [0.1, 0.15) is 23.9 Å². The Labute approximate surface area is 145 Å². The Bertz CT molecular complexity index is 845. The van der Waals surface area contributed by atoms with Crippen LogP contribution in [0.15, 0.2) is 30.6 Å². The fourth-order valence-corrected chi connectivity index (χ4v) is 3.48. The van der Waals surface area contributed by atoms with Crippen LogP contribution >= 0.6 is 0 Å². The molecule has 3 aromatic rings. The predicted octanol–water partition coefficient (Wildman–Crippen LogP) is 2.02. The van der Waals surface area contributed by atoms with E-state index in [0.29, 0.717) is 6.04 Å². The first kappa shape index (κ1) is 15.7. The van der Waals surface area contributed by atoms with E-state index in [-0.39, 0.29) is 18.5 Å². The number of nitrogens with zero attached hydrogens (tertiary/aromatic N) is 6. The van der Waals surface area contributed by atoms with Crippen molar-refractivity contribution in [3.05, 3.63) is 36.4 Å². The van der Waals surface area contributed by atoms with Crippen LogP contribution in [0.2, 0.25) is 0 Å². The average Bonchev–Trinajstić information content (AvgIpc) is 3.33. The zero-order valence-electron chi connectivity index (χ0n) is 14.2. The Morgan fingerprint density at radius 1 is 1.24 bits per heavy atom. The van der Waals surface area contributed by atoms with Gasteiger partial charge in [-0.15, -0.1) is 10.2 Å². The van der Waals surface area contributed by atoms with Gasteiger partial charge in [-0.1, -0.05) is 25.0 Å². The van der Waals surface area contributed by atoms with Gasteiger partial charge in [0.05, 0.1) is 6.04 Å². The van der Waals surface area contributed by atoms with E-state index < -0.39 is 0 Å². The van der Waals surface area contributed by atoms with Crippen molar-refractivity contribution in [2.45, 2.75) is 51.2 Å². The summed E-state index contributed by atoms with van der Waals surface area (Å²) in [4.78, 5) is 13.8. The Morgan fingerprint density at radius 2 is 1.92 bits per heavy atom. The molecule has 0 radical (unpaired) electrons. The molecule has 1 N–H and O–H groups in total. The molecule has 1 amide bonds. The lowest BCUT2D eigenvalue weighted by molar-refractivity contribution is -0.122. The first-order valence-corrected chi connectivity index (χ1v) is 8.69. The Morgan fingerprint density at radius 3 is 2.60 bits per heavy atom. The van der Waals surface area contributed by atoms with Gasteiger partial charge in [-0.3, -0.25) is 4.79 Å². The Hall–Kier alpha value is -2.77. The summed E-state index contributed by atoms with van der Waals surface area (Å²) in [7, 11) is 0. The minimum Gasteiger partial charge on any atom is -0.345 e. The standard InChI is InChI=1S/C17H21N7O/c1-12(17-20-18-11-23(17)13-6-2-3-7-13)19-16(25)10-24-21-14-8-4-5-9-15(14)22-24/h4-5,8-9,11-13H,2-3,6-7,10H2,1H3,(H,19,25)/t12-/m1/s1. The molecule has 0 saturated heterocycles. The fourth-order valence-electron chi connectivity index (χ4n) is 3.48. The molecule has 25 heavy (non-hydrogen) atoms. The van der Waals surface area contributed by atoms with Crippen LogP contribution in [0.1, 0.15) is 50.5 Å². The van der Waals surface area contributed by atoms with Gasteiger partial charge in [0, 0.05) is 6.04 Å². The highest BCUT2D eigenvalue weighted by Gasteiger charge is 2.23. The Kier molecular flexibility index (Phi) is 4.17. The number of aromatic nitrogens is 6. The van der Waals surface area contributed by atoms with Crippen LogP contribution in [0.25, 0.3) is 11.0 Å². The highest BCUT2D eigenvalue weighted by atomic mass is 16.2.